The number of alkyl halides is 2. The van der Waals surface area contributed by atoms with E-state index in [2.05, 4.69) is 4.99 Å². The van der Waals surface area contributed by atoms with Crippen LogP contribution in [-0.4, -0.2) is 24.6 Å². The second kappa shape index (κ2) is 5.21. The molecule has 0 aromatic heterocycles. The monoisotopic (exact) mass is 303 g/mol. The van der Waals surface area contributed by atoms with Crippen molar-refractivity contribution in [2.75, 3.05) is 0 Å². The van der Waals surface area contributed by atoms with Gasteiger partial charge in [0.15, 0.2) is 0 Å². The van der Waals surface area contributed by atoms with Gasteiger partial charge in [-0.15, -0.1) is 0 Å². The van der Waals surface area contributed by atoms with E-state index in [0.717, 1.165) is 5.56 Å². The van der Waals surface area contributed by atoms with Crippen molar-refractivity contribution in [2.45, 2.75) is 43.4 Å². The summed E-state index contributed by atoms with van der Waals surface area (Å²) < 4.78 is 57.8. The number of rotatable bonds is 2. The first-order valence-electron chi connectivity index (χ1n) is 6.20. The molecule has 0 atom stereocenters. The minimum Gasteiger partial charge on any atom is -0.282 e. The lowest BCUT2D eigenvalue weighted by Gasteiger charge is -2.22. The zero-order chi connectivity index (χ0) is 15.0. The number of nitrogens with zero attached hydrogens (tertiary/aromatic N) is 1. The molecule has 110 valence electrons. The van der Waals surface area contributed by atoms with Crippen molar-refractivity contribution < 1.29 is 21.8 Å². The van der Waals surface area contributed by atoms with Crippen LogP contribution >= 0.6 is 0 Å². The van der Waals surface area contributed by atoms with Gasteiger partial charge in [-0.05, 0) is 37.5 Å². The zero-order valence-electron chi connectivity index (χ0n) is 10.9. The fourth-order valence-electron chi connectivity index (χ4n) is 2.12. The zero-order valence-corrected chi connectivity index (χ0v) is 11.8. The summed E-state index contributed by atoms with van der Waals surface area (Å²) in [5.74, 6) is -2.67. The van der Waals surface area contributed by atoms with Crippen LogP contribution in [0.1, 0.15) is 31.2 Å². The topological polar surface area (TPSA) is 66.7 Å². The third-order valence-electron chi connectivity index (χ3n) is 3.23. The molecule has 1 aromatic rings. The predicted octanol–water partition coefficient (Wildman–Crippen LogP) is 3.52. The Labute approximate surface area is 116 Å². The van der Waals surface area contributed by atoms with E-state index in [0.29, 0.717) is 5.71 Å². The summed E-state index contributed by atoms with van der Waals surface area (Å²) in [6.07, 6.45) is -0.296. The van der Waals surface area contributed by atoms with Crippen molar-refractivity contribution in [3.8, 4) is 0 Å². The van der Waals surface area contributed by atoms with Crippen molar-refractivity contribution in [1.82, 2.24) is 0 Å². The SMILES string of the molecule is Cc1ccc(S(=O)(=O)O)c(N=C2CCC(F)(F)CC2)c1. The van der Waals surface area contributed by atoms with Gasteiger partial charge in [-0.2, -0.15) is 8.42 Å². The molecular formula is C13H15F2NO3S. The maximum absolute atomic E-state index is 13.1. The van der Waals surface area contributed by atoms with E-state index in [1.807, 2.05) is 0 Å². The standard InChI is InChI=1S/C13H15F2NO3S/c1-9-2-3-12(20(17,18)19)11(8-9)16-10-4-6-13(14,15)7-5-10/h2-3,8H,4-7H2,1H3,(H,17,18,19). The van der Waals surface area contributed by atoms with Gasteiger partial charge in [-0.1, -0.05) is 6.07 Å². The van der Waals surface area contributed by atoms with Crippen molar-refractivity contribution in [3.63, 3.8) is 0 Å². The first kappa shape index (κ1) is 15.1. The minimum absolute atomic E-state index is 0.104. The lowest BCUT2D eigenvalue weighted by molar-refractivity contribution is -0.0181. The molecule has 7 heteroatoms. The largest absolute Gasteiger partial charge is 0.296 e. The quantitative estimate of drug-likeness (QED) is 0.850. The molecule has 20 heavy (non-hydrogen) atoms. The number of aliphatic imine (C=N–C) groups is 1. The van der Waals surface area contributed by atoms with E-state index in [1.54, 1.807) is 13.0 Å². The van der Waals surface area contributed by atoms with Gasteiger partial charge < -0.3 is 0 Å². The van der Waals surface area contributed by atoms with Crippen molar-refractivity contribution >= 4 is 21.5 Å². The van der Waals surface area contributed by atoms with Gasteiger partial charge in [0.05, 0.1) is 5.69 Å². The molecule has 1 aliphatic rings. The van der Waals surface area contributed by atoms with Crippen LogP contribution in [0.2, 0.25) is 0 Å². The molecule has 4 nitrogen and oxygen atoms in total. The summed E-state index contributed by atoms with van der Waals surface area (Å²) in [4.78, 5) is 3.86. The first-order chi connectivity index (χ1) is 9.17. The highest BCUT2D eigenvalue weighted by Gasteiger charge is 2.33. The molecule has 0 heterocycles. The Hall–Kier alpha value is -1.34. The number of hydrogen-bond donors (Lipinski definition) is 1. The molecule has 2 rings (SSSR count). The van der Waals surface area contributed by atoms with Gasteiger partial charge in [0, 0.05) is 18.6 Å². The Morgan fingerprint density at radius 3 is 2.40 bits per heavy atom. The molecule has 0 amide bonds. The molecule has 1 N–H and O–H groups in total. The van der Waals surface area contributed by atoms with Gasteiger partial charge >= 0.3 is 0 Å². The van der Waals surface area contributed by atoms with Crippen LogP contribution in [0.5, 0.6) is 0 Å². The van der Waals surface area contributed by atoms with Gasteiger partial charge in [0.1, 0.15) is 4.90 Å². The Bertz CT molecular complexity index is 642. The van der Waals surface area contributed by atoms with Gasteiger partial charge in [-0.25, -0.2) is 8.78 Å². The van der Waals surface area contributed by atoms with Crippen LogP contribution in [0.4, 0.5) is 14.5 Å². The highest BCUT2D eigenvalue weighted by molar-refractivity contribution is 7.86. The Morgan fingerprint density at radius 1 is 1.25 bits per heavy atom. The molecule has 1 aliphatic carbocycles. The number of benzene rings is 1. The third-order valence-corrected chi connectivity index (χ3v) is 4.13. The highest BCUT2D eigenvalue weighted by Crippen LogP contribution is 2.34. The maximum atomic E-state index is 13.1. The average molecular weight is 303 g/mol. The smallest absolute Gasteiger partial charge is 0.282 e. The molecule has 1 fully saturated rings. The van der Waals surface area contributed by atoms with E-state index in [1.165, 1.54) is 12.1 Å². The van der Waals surface area contributed by atoms with Crippen LogP contribution in [0, 0.1) is 6.92 Å². The lowest BCUT2D eigenvalue weighted by atomic mass is 9.95. The molecule has 0 radical (unpaired) electrons. The first-order valence-corrected chi connectivity index (χ1v) is 7.64. The number of halogens is 2. The number of hydrogen-bond acceptors (Lipinski definition) is 3. The van der Waals surface area contributed by atoms with Crippen LogP contribution in [0.3, 0.4) is 0 Å². The third kappa shape index (κ3) is 3.61. The minimum atomic E-state index is -4.38. The Balaban J connectivity index is 2.36. The van der Waals surface area contributed by atoms with Gasteiger partial charge in [0.25, 0.3) is 10.1 Å². The Morgan fingerprint density at radius 2 is 1.85 bits per heavy atom. The highest BCUT2D eigenvalue weighted by atomic mass is 32.2. The van der Waals surface area contributed by atoms with E-state index in [4.69, 9.17) is 4.55 Å². The van der Waals surface area contributed by atoms with E-state index >= 15 is 0 Å². The van der Waals surface area contributed by atoms with Crippen molar-refractivity contribution in [1.29, 1.82) is 0 Å². The fourth-order valence-corrected chi connectivity index (χ4v) is 2.73. The summed E-state index contributed by atoms with van der Waals surface area (Å²) >= 11 is 0. The molecule has 0 bridgehead atoms. The van der Waals surface area contributed by atoms with Crippen LogP contribution in [-0.2, 0) is 10.1 Å². The normalized spacial score (nSPS) is 18.9. The lowest BCUT2D eigenvalue weighted by Crippen LogP contribution is -2.24. The molecular weight excluding hydrogens is 288 g/mol. The Kier molecular flexibility index (Phi) is 3.93. The fraction of sp³-hybridized carbons (Fsp3) is 0.462. The van der Waals surface area contributed by atoms with Crippen molar-refractivity contribution in [2.24, 2.45) is 4.99 Å². The summed E-state index contributed by atoms with van der Waals surface area (Å²) in [5, 5.41) is 0. The number of aryl methyl sites for hydroxylation is 1. The van der Waals surface area contributed by atoms with Crippen molar-refractivity contribution in [3.05, 3.63) is 23.8 Å². The molecule has 1 aromatic carbocycles. The maximum Gasteiger partial charge on any atom is 0.296 e. The molecule has 0 unspecified atom stereocenters. The molecule has 1 saturated carbocycles. The summed E-state index contributed by atoms with van der Waals surface area (Å²) in [5.41, 5.74) is 1.41. The predicted molar refractivity (Wildman–Crippen MR) is 71.5 cm³/mol. The van der Waals surface area contributed by atoms with Gasteiger partial charge in [-0.3, -0.25) is 9.55 Å². The summed E-state index contributed by atoms with van der Waals surface area (Å²) in [7, 11) is -4.38. The second-order valence-corrected chi connectivity index (χ2v) is 6.37. The van der Waals surface area contributed by atoms with E-state index < -0.39 is 16.0 Å². The average Bonchev–Trinajstić information content (AvgIpc) is 2.30. The summed E-state index contributed by atoms with van der Waals surface area (Å²) in [6, 6.07) is 4.33. The molecule has 0 saturated heterocycles. The molecule has 0 spiro atoms. The second-order valence-electron chi connectivity index (χ2n) is 4.98. The van der Waals surface area contributed by atoms with Crippen LogP contribution < -0.4 is 0 Å². The van der Waals surface area contributed by atoms with Crippen LogP contribution in [0.25, 0.3) is 0 Å². The van der Waals surface area contributed by atoms with E-state index in [-0.39, 0.29) is 36.3 Å². The summed E-state index contributed by atoms with van der Waals surface area (Å²) in [6.45, 7) is 1.76. The van der Waals surface area contributed by atoms with E-state index in [9.17, 15) is 17.2 Å². The van der Waals surface area contributed by atoms with Gasteiger partial charge in [0.2, 0.25) is 5.92 Å². The molecule has 0 aliphatic heterocycles. The van der Waals surface area contributed by atoms with Crippen LogP contribution in [0.15, 0.2) is 28.1 Å².